The third kappa shape index (κ3) is 5.31. The maximum Gasteiger partial charge on any atom is 0.340 e. The Morgan fingerprint density at radius 1 is 1.03 bits per heavy atom. The van der Waals surface area contributed by atoms with Crippen molar-refractivity contribution >= 4 is 27.8 Å². The Hall–Kier alpha value is -2.14. The summed E-state index contributed by atoms with van der Waals surface area (Å²) in [6.45, 7) is 6.66. The van der Waals surface area contributed by atoms with E-state index in [0.29, 0.717) is 11.5 Å². The summed E-state index contributed by atoms with van der Waals surface area (Å²) in [4.78, 5) is 24.3. The lowest BCUT2D eigenvalue weighted by Gasteiger charge is -2.44. The van der Waals surface area contributed by atoms with Crippen LogP contribution in [-0.2, 0) is 14.9 Å². The first kappa shape index (κ1) is 22.5. The van der Waals surface area contributed by atoms with E-state index in [-0.39, 0.29) is 23.3 Å². The van der Waals surface area contributed by atoms with Crippen LogP contribution in [0.25, 0.3) is 0 Å². The Morgan fingerprint density at radius 3 is 2.27 bits per heavy atom. The fourth-order valence-electron chi connectivity index (χ4n) is 4.42. The van der Waals surface area contributed by atoms with Crippen molar-refractivity contribution in [2.24, 2.45) is 11.8 Å². The minimum Gasteiger partial charge on any atom is -0.460 e. The van der Waals surface area contributed by atoms with Crippen LogP contribution >= 0.6 is 15.9 Å². The molecule has 0 radical (unpaired) electrons. The lowest BCUT2D eigenvalue weighted by atomic mass is 9.64. The summed E-state index contributed by atoms with van der Waals surface area (Å²) in [5.74, 6) is -0.0530. The maximum absolute atomic E-state index is 12.8. The zero-order valence-corrected chi connectivity index (χ0v) is 19.4. The minimum absolute atomic E-state index is 0.124. The first-order valence-electron chi connectivity index (χ1n) is 10.5. The number of ether oxygens (including phenoxy) is 1. The third-order valence-electron chi connectivity index (χ3n) is 6.27. The molecule has 1 aliphatic carbocycles. The molecule has 0 aromatic heterocycles. The number of halogens is 1. The molecule has 160 valence electrons. The number of esters is 1. The Labute approximate surface area is 187 Å². The molecule has 1 fully saturated rings. The van der Waals surface area contributed by atoms with E-state index in [1.165, 1.54) is 5.56 Å². The molecule has 5 heteroatoms. The molecule has 2 aromatic carbocycles. The van der Waals surface area contributed by atoms with Gasteiger partial charge in [0, 0.05) is 11.5 Å². The van der Waals surface area contributed by atoms with Crippen molar-refractivity contribution in [3.8, 4) is 0 Å². The zero-order valence-electron chi connectivity index (χ0n) is 17.8. The highest BCUT2D eigenvalue weighted by Gasteiger charge is 2.42. The van der Waals surface area contributed by atoms with E-state index in [1.807, 2.05) is 12.1 Å². The Kier molecular flexibility index (Phi) is 7.35. The zero-order chi connectivity index (χ0) is 21.7. The largest absolute Gasteiger partial charge is 0.460 e. The number of benzene rings is 2. The molecule has 30 heavy (non-hydrogen) atoms. The van der Waals surface area contributed by atoms with Gasteiger partial charge in [0.2, 0.25) is 0 Å². The standard InChI is InChI=1S/C25H30BrNO3/c1-17-14-15-20(25(2,3)19-12-8-5-9-13-19)21(16-17)30-24(29)22(26)27-23(28)18-10-6-4-7-11-18/h4-13,17,20-22H,14-16H2,1-3H3,(H,27,28)/t17-,20-,21-,22?/m1/s1. The van der Waals surface area contributed by atoms with E-state index < -0.39 is 10.9 Å². The number of alkyl halides is 1. The normalized spacial score (nSPS) is 22.7. The van der Waals surface area contributed by atoms with Crippen molar-refractivity contribution in [3.05, 3.63) is 71.8 Å². The van der Waals surface area contributed by atoms with Gasteiger partial charge in [-0.15, -0.1) is 0 Å². The molecule has 4 atom stereocenters. The molecule has 4 nitrogen and oxygen atoms in total. The molecule has 2 aromatic rings. The molecule has 0 aliphatic heterocycles. The van der Waals surface area contributed by atoms with Crippen molar-refractivity contribution in [2.75, 3.05) is 0 Å². The maximum atomic E-state index is 12.8. The molecular formula is C25H30BrNO3. The molecule has 1 amide bonds. The average Bonchev–Trinajstić information content (AvgIpc) is 2.74. The topological polar surface area (TPSA) is 55.4 Å². The van der Waals surface area contributed by atoms with Crippen molar-refractivity contribution in [1.82, 2.24) is 5.32 Å². The first-order valence-corrected chi connectivity index (χ1v) is 11.5. The van der Waals surface area contributed by atoms with E-state index >= 15 is 0 Å². The molecule has 3 rings (SSSR count). The summed E-state index contributed by atoms with van der Waals surface area (Å²) in [6, 6.07) is 19.2. The second-order valence-corrected chi connectivity index (χ2v) is 9.71. The monoisotopic (exact) mass is 471 g/mol. The fraction of sp³-hybridized carbons (Fsp3) is 0.440. The van der Waals surface area contributed by atoms with Crippen LogP contribution in [0.1, 0.15) is 56.0 Å². The minimum atomic E-state index is -0.886. The van der Waals surface area contributed by atoms with Crippen LogP contribution in [0.4, 0.5) is 0 Å². The third-order valence-corrected chi connectivity index (χ3v) is 6.87. The van der Waals surface area contributed by atoms with E-state index in [2.05, 4.69) is 66.3 Å². The van der Waals surface area contributed by atoms with Gasteiger partial charge >= 0.3 is 5.97 Å². The Bertz CT molecular complexity index is 853. The summed E-state index contributed by atoms with van der Waals surface area (Å²) in [5, 5.41) is 2.69. The average molecular weight is 472 g/mol. The van der Waals surface area contributed by atoms with Crippen molar-refractivity contribution in [3.63, 3.8) is 0 Å². The number of amides is 1. The molecule has 1 unspecified atom stereocenters. The van der Waals surface area contributed by atoms with Gasteiger partial charge in [0.1, 0.15) is 6.10 Å². The van der Waals surface area contributed by atoms with Crippen molar-refractivity contribution < 1.29 is 14.3 Å². The van der Waals surface area contributed by atoms with Gasteiger partial charge in [-0.05, 0) is 41.9 Å². The van der Waals surface area contributed by atoms with Crippen molar-refractivity contribution in [2.45, 2.75) is 56.5 Å². The van der Waals surface area contributed by atoms with Crippen LogP contribution < -0.4 is 5.32 Å². The van der Waals surface area contributed by atoms with Gasteiger partial charge in [-0.25, -0.2) is 4.79 Å². The number of rotatable bonds is 6. The van der Waals surface area contributed by atoms with E-state index in [0.717, 1.165) is 19.3 Å². The van der Waals surface area contributed by atoms with Crippen molar-refractivity contribution in [1.29, 1.82) is 0 Å². The summed E-state index contributed by atoms with van der Waals surface area (Å²) in [5.41, 5.74) is 1.63. The van der Waals surface area contributed by atoms with E-state index in [9.17, 15) is 9.59 Å². The van der Waals surface area contributed by atoms with Gasteiger partial charge in [0.05, 0.1) is 0 Å². The lowest BCUT2D eigenvalue weighted by Crippen LogP contribution is -2.46. The van der Waals surface area contributed by atoms with Crippen LogP contribution in [0.15, 0.2) is 60.7 Å². The highest BCUT2D eigenvalue weighted by molar-refractivity contribution is 9.10. The predicted octanol–water partition coefficient (Wildman–Crippen LogP) is 5.46. The van der Waals surface area contributed by atoms with Crippen LogP contribution in [-0.4, -0.2) is 22.9 Å². The lowest BCUT2D eigenvalue weighted by molar-refractivity contribution is -0.156. The number of nitrogens with one attached hydrogen (secondary N) is 1. The smallest absolute Gasteiger partial charge is 0.340 e. The molecular weight excluding hydrogens is 442 g/mol. The molecule has 1 saturated carbocycles. The van der Waals surface area contributed by atoms with E-state index in [1.54, 1.807) is 24.3 Å². The summed E-state index contributed by atoms with van der Waals surface area (Å²) < 4.78 is 5.98. The van der Waals surface area contributed by atoms with Gasteiger partial charge < -0.3 is 10.1 Å². The van der Waals surface area contributed by atoms with E-state index in [4.69, 9.17) is 4.74 Å². The number of carbonyl (C=O) groups is 2. The van der Waals surface area contributed by atoms with Crippen LogP contribution in [0.2, 0.25) is 0 Å². The molecule has 0 heterocycles. The molecule has 0 saturated heterocycles. The summed E-state index contributed by atoms with van der Waals surface area (Å²) in [6.07, 6.45) is 2.77. The van der Waals surface area contributed by atoms with Crippen LogP contribution in [0.5, 0.6) is 0 Å². The van der Waals surface area contributed by atoms with Crippen LogP contribution in [0.3, 0.4) is 0 Å². The van der Waals surface area contributed by atoms with Gasteiger partial charge in [-0.2, -0.15) is 0 Å². The highest BCUT2D eigenvalue weighted by atomic mass is 79.9. The summed E-state index contributed by atoms with van der Waals surface area (Å²) in [7, 11) is 0. The first-order chi connectivity index (χ1) is 14.3. The fourth-order valence-corrected chi connectivity index (χ4v) is 4.74. The molecule has 1 N–H and O–H groups in total. The van der Waals surface area contributed by atoms with Gasteiger partial charge in [-0.1, -0.05) is 91.7 Å². The van der Waals surface area contributed by atoms with Gasteiger partial charge in [0.15, 0.2) is 4.95 Å². The second kappa shape index (κ2) is 9.78. The Morgan fingerprint density at radius 2 is 1.63 bits per heavy atom. The van der Waals surface area contributed by atoms with Gasteiger partial charge in [-0.3, -0.25) is 4.79 Å². The highest BCUT2D eigenvalue weighted by Crippen LogP contribution is 2.43. The number of carbonyl (C=O) groups excluding carboxylic acids is 2. The Balaban J connectivity index is 1.70. The van der Waals surface area contributed by atoms with Crippen LogP contribution in [0, 0.1) is 11.8 Å². The number of hydrogen-bond donors (Lipinski definition) is 1. The quantitative estimate of drug-likeness (QED) is 0.345. The SMILES string of the molecule is C[C@@H]1CC[C@@H](C(C)(C)c2ccccc2)[C@H](OC(=O)C(Br)NC(=O)c2ccccc2)C1. The molecule has 0 spiro atoms. The second-order valence-electron chi connectivity index (χ2n) is 8.79. The number of hydrogen-bond acceptors (Lipinski definition) is 3. The molecule has 1 aliphatic rings. The predicted molar refractivity (Wildman–Crippen MR) is 122 cm³/mol. The van der Waals surface area contributed by atoms with Gasteiger partial charge in [0.25, 0.3) is 5.91 Å². The summed E-state index contributed by atoms with van der Waals surface area (Å²) >= 11 is 3.29. The molecule has 0 bridgehead atoms.